The molecule has 142 valence electrons. The number of guanidine groups is 1. The molecule has 0 saturated carbocycles. The molecule has 2 aromatic rings. The van der Waals surface area contributed by atoms with Crippen molar-refractivity contribution in [1.29, 1.82) is 0 Å². The van der Waals surface area contributed by atoms with Crippen molar-refractivity contribution >= 4 is 35.6 Å². The molecule has 1 aromatic heterocycles. The van der Waals surface area contributed by atoms with Gasteiger partial charge >= 0.3 is 6.18 Å². The molecule has 0 aliphatic rings. The van der Waals surface area contributed by atoms with Gasteiger partial charge in [0.15, 0.2) is 12.6 Å². The maximum Gasteiger partial charge on any atom is 0.422 e. The standard InChI is InChI=1S/C16H17F3N4O2.HI/c1-24-13-4-2-12(3-5-13)23-15(20)22-9-11-6-7-21-14(8-11)25-10-16(17,18)19;/h2-8H,9-10H2,1H3,(H3,20,22,23);1H. The number of anilines is 1. The van der Waals surface area contributed by atoms with Crippen LogP contribution < -0.4 is 20.5 Å². The lowest BCUT2D eigenvalue weighted by molar-refractivity contribution is -0.154. The minimum atomic E-state index is -4.41. The highest BCUT2D eigenvalue weighted by Crippen LogP contribution is 2.18. The van der Waals surface area contributed by atoms with Crippen molar-refractivity contribution < 1.29 is 22.6 Å². The lowest BCUT2D eigenvalue weighted by Gasteiger charge is -2.09. The summed E-state index contributed by atoms with van der Waals surface area (Å²) >= 11 is 0. The average molecular weight is 482 g/mol. The molecule has 6 nitrogen and oxygen atoms in total. The number of halogens is 4. The largest absolute Gasteiger partial charge is 0.497 e. The molecule has 0 atom stereocenters. The summed E-state index contributed by atoms with van der Waals surface area (Å²) in [6, 6.07) is 10.1. The van der Waals surface area contributed by atoms with Crippen LogP contribution in [0.25, 0.3) is 0 Å². The predicted molar refractivity (Wildman–Crippen MR) is 103 cm³/mol. The molecule has 0 aliphatic carbocycles. The van der Waals surface area contributed by atoms with Crippen LogP contribution in [0.4, 0.5) is 18.9 Å². The van der Waals surface area contributed by atoms with Crippen molar-refractivity contribution in [3.05, 3.63) is 48.2 Å². The number of aromatic nitrogens is 1. The fraction of sp³-hybridized carbons (Fsp3) is 0.250. The van der Waals surface area contributed by atoms with E-state index in [1.807, 2.05) is 0 Å². The molecular weight excluding hydrogens is 464 g/mol. The minimum absolute atomic E-state index is 0. The van der Waals surface area contributed by atoms with E-state index in [4.69, 9.17) is 10.5 Å². The van der Waals surface area contributed by atoms with Gasteiger partial charge in [0.2, 0.25) is 5.88 Å². The molecule has 0 saturated heterocycles. The smallest absolute Gasteiger partial charge is 0.422 e. The number of pyridine rings is 1. The van der Waals surface area contributed by atoms with E-state index in [2.05, 4.69) is 20.0 Å². The number of nitrogens with zero attached hydrogens (tertiary/aromatic N) is 2. The summed E-state index contributed by atoms with van der Waals surface area (Å²) in [7, 11) is 1.57. The molecule has 0 fully saturated rings. The van der Waals surface area contributed by atoms with E-state index in [9.17, 15) is 13.2 Å². The first kappa shape index (κ1) is 21.8. The Labute approximate surface area is 165 Å². The summed E-state index contributed by atoms with van der Waals surface area (Å²) in [6.45, 7) is -1.23. The summed E-state index contributed by atoms with van der Waals surface area (Å²) in [5, 5.41) is 2.90. The molecular formula is C16H18F3IN4O2. The van der Waals surface area contributed by atoms with Gasteiger partial charge in [0, 0.05) is 18.0 Å². The SMILES string of the molecule is COc1ccc(NC(N)=NCc2ccnc(OCC(F)(F)F)c2)cc1.I. The van der Waals surface area contributed by atoms with Crippen LogP contribution in [-0.4, -0.2) is 30.8 Å². The van der Waals surface area contributed by atoms with Gasteiger partial charge in [-0.05, 0) is 35.9 Å². The van der Waals surface area contributed by atoms with Crippen LogP contribution in [-0.2, 0) is 6.54 Å². The number of benzene rings is 1. The third-order valence-corrected chi connectivity index (χ3v) is 2.98. The monoisotopic (exact) mass is 482 g/mol. The van der Waals surface area contributed by atoms with Gasteiger partial charge in [0.05, 0.1) is 13.7 Å². The number of nitrogens with one attached hydrogen (secondary N) is 1. The Bertz CT molecular complexity index is 724. The van der Waals surface area contributed by atoms with Gasteiger partial charge in [-0.3, -0.25) is 0 Å². The van der Waals surface area contributed by atoms with Crippen LogP contribution in [0.2, 0.25) is 0 Å². The van der Waals surface area contributed by atoms with Gasteiger partial charge in [-0.2, -0.15) is 13.2 Å². The van der Waals surface area contributed by atoms with Crippen molar-refractivity contribution in [3.63, 3.8) is 0 Å². The van der Waals surface area contributed by atoms with Gasteiger partial charge in [-0.15, -0.1) is 24.0 Å². The third-order valence-electron chi connectivity index (χ3n) is 2.98. The quantitative estimate of drug-likeness (QED) is 0.374. The molecule has 0 bridgehead atoms. The molecule has 0 aliphatic heterocycles. The van der Waals surface area contributed by atoms with E-state index in [1.165, 1.54) is 12.3 Å². The van der Waals surface area contributed by atoms with E-state index in [0.717, 1.165) is 5.69 Å². The normalized spacial score (nSPS) is 11.5. The average Bonchev–Trinajstić information content (AvgIpc) is 2.59. The van der Waals surface area contributed by atoms with E-state index in [-0.39, 0.29) is 42.4 Å². The summed E-state index contributed by atoms with van der Waals surface area (Å²) in [5.41, 5.74) is 7.13. The van der Waals surface area contributed by atoms with Crippen LogP contribution in [0.15, 0.2) is 47.6 Å². The van der Waals surface area contributed by atoms with E-state index in [0.29, 0.717) is 11.3 Å². The van der Waals surface area contributed by atoms with Gasteiger partial charge in [-0.1, -0.05) is 0 Å². The van der Waals surface area contributed by atoms with E-state index >= 15 is 0 Å². The maximum atomic E-state index is 12.1. The summed E-state index contributed by atoms with van der Waals surface area (Å²) in [6.07, 6.45) is -3.06. The van der Waals surface area contributed by atoms with E-state index in [1.54, 1.807) is 37.4 Å². The highest BCUT2D eigenvalue weighted by Gasteiger charge is 2.28. The molecule has 2 rings (SSSR count). The Hall–Kier alpha value is -2.24. The molecule has 0 amide bonds. The fourth-order valence-electron chi connectivity index (χ4n) is 1.82. The van der Waals surface area contributed by atoms with Crippen LogP contribution in [0.3, 0.4) is 0 Å². The van der Waals surface area contributed by atoms with Gasteiger partial charge < -0.3 is 20.5 Å². The molecule has 10 heteroatoms. The Kier molecular flexibility index (Phi) is 8.42. The lowest BCUT2D eigenvalue weighted by Crippen LogP contribution is -2.22. The van der Waals surface area contributed by atoms with Crippen molar-refractivity contribution in [2.45, 2.75) is 12.7 Å². The zero-order valence-corrected chi connectivity index (χ0v) is 16.1. The molecule has 0 unspecified atom stereocenters. The first-order valence-corrected chi connectivity index (χ1v) is 7.21. The molecule has 0 spiro atoms. The third kappa shape index (κ3) is 7.76. The van der Waals surface area contributed by atoms with Gasteiger partial charge in [0.25, 0.3) is 0 Å². The number of alkyl halides is 3. The lowest BCUT2D eigenvalue weighted by atomic mass is 10.3. The number of hydrogen-bond acceptors (Lipinski definition) is 4. The summed E-state index contributed by atoms with van der Waals surface area (Å²) in [5.74, 6) is 0.760. The zero-order chi connectivity index (χ0) is 18.3. The second-order valence-electron chi connectivity index (χ2n) is 4.96. The number of hydrogen-bond donors (Lipinski definition) is 2. The fourth-order valence-corrected chi connectivity index (χ4v) is 1.82. The maximum absolute atomic E-state index is 12.1. The van der Waals surface area contributed by atoms with E-state index < -0.39 is 12.8 Å². The number of rotatable bonds is 6. The highest BCUT2D eigenvalue weighted by atomic mass is 127. The Morgan fingerprint density at radius 1 is 1.23 bits per heavy atom. The van der Waals surface area contributed by atoms with Crippen LogP contribution >= 0.6 is 24.0 Å². The predicted octanol–water partition coefficient (Wildman–Crippen LogP) is 3.58. The van der Waals surface area contributed by atoms with Crippen molar-refractivity contribution in [2.24, 2.45) is 10.7 Å². The molecule has 26 heavy (non-hydrogen) atoms. The number of nitrogens with two attached hydrogens (primary N) is 1. The van der Waals surface area contributed by atoms with Crippen molar-refractivity contribution in [1.82, 2.24) is 4.98 Å². The molecule has 3 N–H and O–H groups in total. The van der Waals surface area contributed by atoms with Gasteiger partial charge in [-0.25, -0.2) is 9.98 Å². The zero-order valence-electron chi connectivity index (χ0n) is 13.8. The minimum Gasteiger partial charge on any atom is -0.497 e. The Balaban J connectivity index is 0.00000338. The second kappa shape index (κ2) is 10.0. The van der Waals surface area contributed by atoms with Crippen molar-refractivity contribution in [3.8, 4) is 11.6 Å². The Morgan fingerprint density at radius 2 is 1.92 bits per heavy atom. The van der Waals surface area contributed by atoms with Crippen molar-refractivity contribution in [2.75, 3.05) is 19.0 Å². The number of aliphatic imine (C=N–C) groups is 1. The number of methoxy groups -OCH3 is 1. The first-order chi connectivity index (χ1) is 11.9. The first-order valence-electron chi connectivity index (χ1n) is 7.21. The molecule has 1 heterocycles. The number of ether oxygens (including phenoxy) is 2. The molecule has 0 radical (unpaired) electrons. The Morgan fingerprint density at radius 3 is 2.54 bits per heavy atom. The molecule has 1 aromatic carbocycles. The topological polar surface area (TPSA) is 81.8 Å². The van der Waals surface area contributed by atoms with Crippen LogP contribution in [0, 0.1) is 0 Å². The second-order valence-corrected chi connectivity index (χ2v) is 4.96. The van der Waals surface area contributed by atoms with Crippen LogP contribution in [0.1, 0.15) is 5.56 Å². The van der Waals surface area contributed by atoms with Gasteiger partial charge in [0.1, 0.15) is 5.75 Å². The summed E-state index contributed by atoms with van der Waals surface area (Å²) < 4.78 is 46.1. The highest BCUT2D eigenvalue weighted by molar-refractivity contribution is 14.0. The summed E-state index contributed by atoms with van der Waals surface area (Å²) in [4.78, 5) is 7.85. The van der Waals surface area contributed by atoms with Crippen LogP contribution in [0.5, 0.6) is 11.6 Å².